The van der Waals surface area contributed by atoms with E-state index in [1.54, 1.807) is 0 Å². The van der Waals surface area contributed by atoms with E-state index in [-0.39, 0.29) is 24.4 Å². The van der Waals surface area contributed by atoms with Gasteiger partial charge in [0.05, 0.1) is 18.1 Å². The second-order valence-corrected chi connectivity index (χ2v) is 6.34. The van der Waals surface area contributed by atoms with Gasteiger partial charge < -0.3 is 15.0 Å². The van der Waals surface area contributed by atoms with Gasteiger partial charge in [0.25, 0.3) is 0 Å². The number of carbonyl (C=O) groups is 1. The molecule has 1 aromatic heterocycles. The van der Waals surface area contributed by atoms with Crippen molar-refractivity contribution in [1.29, 1.82) is 0 Å². The highest BCUT2D eigenvalue weighted by atomic mass is 19.4. The Balaban J connectivity index is 1.57. The van der Waals surface area contributed by atoms with Crippen LogP contribution >= 0.6 is 0 Å². The molecule has 3 aromatic rings. The van der Waals surface area contributed by atoms with Gasteiger partial charge in [-0.25, -0.2) is 0 Å². The topological polar surface area (TPSA) is 54.3 Å². The smallest absolute Gasteiger partial charge is 0.387 e. The van der Waals surface area contributed by atoms with Gasteiger partial charge in [-0.2, -0.15) is 13.2 Å². The summed E-state index contributed by atoms with van der Waals surface area (Å²) in [6, 6.07) is 16.0. The molecule has 0 spiro atoms. The van der Waals surface area contributed by atoms with Crippen molar-refractivity contribution in [3.63, 3.8) is 0 Å². The number of aliphatic hydroxyl groups is 1. The van der Waals surface area contributed by atoms with Crippen LogP contribution in [0.15, 0.2) is 73.1 Å². The number of amides is 1. The summed E-state index contributed by atoms with van der Waals surface area (Å²) in [5.41, 5.74) is 0.552. The first-order chi connectivity index (χ1) is 13.3. The fraction of sp³-hybridized carbons (Fsp3) is 0.190. The van der Waals surface area contributed by atoms with E-state index in [0.717, 1.165) is 17.3 Å². The number of aliphatic hydroxyl groups excluding tert-OH is 1. The summed E-state index contributed by atoms with van der Waals surface area (Å²) in [7, 11) is 0. The van der Waals surface area contributed by atoms with E-state index in [4.69, 9.17) is 0 Å². The lowest BCUT2D eigenvalue weighted by atomic mass is 10.0. The first-order valence-corrected chi connectivity index (χ1v) is 8.68. The van der Waals surface area contributed by atoms with Crippen LogP contribution in [-0.4, -0.2) is 22.1 Å². The molecule has 1 amide bonds. The standard InChI is InChI=1S/C21H19F3N2O2/c22-21(23,24)18-6-2-1-5-17(18)19(27)14-25-20(28)13-15-7-9-16(10-8-15)26-11-3-4-12-26/h1-12,19,27H,13-14H2,(H,25,28). The quantitative estimate of drug-likeness (QED) is 0.673. The molecule has 28 heavy (non-hydrogen) atoms. The average molecular weight is 388 g/mol. The lowest BCUT2D eigenvalue weighted by Crippen LogP contribution is -2.30. The maximum absolute atomic E-state index is 13.0. The fourth-order valence-corrected chi connectivity index (χ4v) is 2.91. The predicted octanol–water partition coefficient (Wildman–Crippen LogP) is 3.89. The van der Waals surface area contributed by atoms with Crippen LogP contribution in [0.3, 0.4) is 0 Å². The van der Waals surface area contributed by atoms with Gasteiger partial charge in [-0.3, -0.25) is 4.79 Å². The molecule has 1 heterocycles. The van der Waals surface area contributed by atoms with Gasteiger partial charge in [0.2, 0.25) is 5.91 Å². The zero-order valence-corrected chi connectivity index (χ0v) is 14.9. The number of nitrogens with one attached hydrogen (secondary N) is 1. The van der Waals surface area contributed by atoms with Crippen LogP contribution in [0.1, 0.15) is 22.8 Å². The summed E-state index contributed by atoms with van der Waals surface area (Å²) >= 11 is 0. The number of aromatic nitrogens is 1. The molecule has 3 rings (SSSR count). The summed E-state index contributed by atoms with van der Waals surface area (Å²) in [5.74, 6) is -0.378. The van der Waals surface area contributed by atoms with E-state index in [9.17, 15) is 23.1 Å². The third-order valence-corrected chi connectivity index (χ3v) is 4.32. The Bertz CT molecular complexity index is 920. The Morgan fingerprint density at radius 1 is 1.00 bits per heavy atom. The molecule has 0 saturated heterocycles. The van der Waals surface area contributed by atoms with Crippen LogP contribution in [0.5, 0.6) is 0 Å². The van der Waals surface area contributed by atoms with Gasteiger partial charge >= 0.3 is 6.18 Å². The fourth-order valence-electron chi connectivity index (χ4n) is 2.91. The maximum Gasteiger partial charge on any atom is 0.416 e. The van der Waals surface area contributed by atoms with Gasteiger partial charge in [0, 0.05) is 24.6 Å². The van der Waals surface area contributed by atoms with Gasteiger partial charge in [-0.1, -0.05) is 30.3 Å². The second kappa shape index (κ2) is 8.31. The van der Waals surface area contributed by atoms with Crippen molar-refractivity contribution in [2.75, 3.05) is 6.54 Å². The largest absolute Gasteiger partial charge is 0.416 e. The van der Waals surface area contributed by atoms with E-state index < -0.39 is 17.8 Å². The van der Waals surface area contributed by atoms with Gasteiger partial charge in [0.15, 0.2) is 0 Å². The Morgan fingerprint density at radius 3 is 2.29 bits per heavy atom. The van der Waals surface area contributed by atoms with E-state index in [1.165, 1.54) is 18.2 Å². The molecule has 1 atom stereocenters. The molecule has 7 heteroatoms. The molecule has 0 fully saturated rings. The van der Waals surface area contributed by atoms with Gasteiger partial charge in [-0.15, -0.1) is 0 Å². The monoisotopic (exact) mass is 388 g/mol. The molecule has 146 valence electrons. The van der Waals surface area contributed by atoms with Gasteiger partial charge in [0.1, 0.15) is 0 Å². The molecular weight excluding hydrogens is 369 g/mol. The molecule has 2 N–H and O–H groups in total. The molecule has 0 aliphatic carbocycles. The summed E-state index contributed by atoms with van der Waals surface area (Å²) in [5, 5.41) is 12.6. The molecule has 0 aliphatic rings. The number of benzene rings is 2. The Morgan fingerprint density at radius 2 is 1.64 bits per heavy atom. The van der Waals surface area contributed by atoms with Crippen molar-refractivity contribution in [3.8, 4) is 5.69 Å². The number of carbonyl (C=O) groups excluding carboxylic acids is 1. The summed E-state index contributed by atoms with van der Waals surface area (Å²) < 4.78 is 41.0. The highest BCUT2D eigenvalue weighted by molar-refractivity contribution is 5.78. The Kier molecular flexibility index (Phi) is 5.84. The van der Waals surface area contributed by atoms with Gasteiger partial charge in [-0.05, 0) is 41.5 Å². The normalized spacial score (nSPS) is 12.6. The minimum Gasteiger partial charge on any atom is -0.387 e. The Labute approximate surface area is 160 Å². The average Bonchev–Trinajstić information content (AvgIpc) is 3.21. The van der Waals surface area contributed by atoms with Crippen molar-refractivity contribution in [2.45, 2.75) is 18.7 Å². The number of hydrogen-bond acceptors (Lipinski definition) is 2. The summed E-state index contributed by atoms with van der Waals surface area (Å²) in [6.45, 7) is -0.298. The minimum atomic E-state index is -4.57. The molecular formula is C21H19F3N2O2. The number of halogens is 3. The van der Waals surface area contributed by atoms with Crippen molar-refractivity contribution in [1.82, 2.24) is 9.88 Å². The van der Waals surface area contributed by atoms with Crippen molar-refractivity contribution in [3.05, 3.63) is 89.7 Å². The van der Waals surface area contributed by atoms with Crippen LogP contribution < -0.4 is 5.32 Å². The minimum absolute atomic E-state index is 0.0690. The zero-order chi connectivity index (χ0) is 20.1. The van der Waals surface area contributed by atoms with Crippen LogP contribution in [0.25, 0.3) is 5.69 Å². The first kappa shape index (κ1) is 19.7. The highest BCUT2D eigenvalue weighted by Gasteiger charge is 2.34. The zero-order valence-electron chi connectivity index (χ0n) is 14.9. The molecule has 1 unspecified atom stereocenters. The molecule has 0 radical (unpaired) electrons. The molecule has 0 bridgehead atoms. The van der Waals surface area contributed by atoms with Crippen molar-refractivity contribution in [2.24, 2.45) is 0 Å². The van der Waals surface area contributed by atoms with Crippen molar-refractivity contribution < 1.29 is 23.1 Å². The third-order valence-electron chi connectivity index (χ3n) is 4.32. The SMILES string of the molecule is O=C(Cc1ccc(-n2cccc2)cc1)NCC(O)c1ccccc1C(F)(F)F. The lowest BCUT2D eigenvalue weighted by molar-refractivity contribution is -0.139. The molecule has 0 aliphatic heterocycles. The van der Waals surface area contributed by atoms with Crippen LogP contribution in [0, 0.1) is 0 Å². The predicted molar refractivity (Wildman–Crippen MR) is 98.9 cm³/mol. The lowest BCUT2D eigenvalue weighted by Gasteiger charge is -2.18. The first-order valence-electron chi connectivity index (χ1n) is 8.68. The molecule has 2 aromatic carbocycles. The maximum atomic E-state index is 13.0. The Hall–Kier alpha value is -3.06. The van der Waals surface area contributed by atoms with E-state index >= 15 is 0 Å². The molecule has 0 saturated carbocycles. The summed E-state index contributed by atoms with van der Waals surface area (Å²) in [4.78, 5) is 12.1. The van der Waals surface area contributed by atoms with Crippen molar-refractivity contribution >= 4 is 5.91 Å². The number of nitrogens with zero attached hydrogens (tertiary/aromatic N) is 1. The highest BCUT2D eigenvalue weighted by Crippen LogP contribution is 2.34. The number of hydrogen-bond donors (Lipinski definition) is 2. The summed E-state index contributed by atoms with van der Waals surface area (Å²) in [6.07, 6.45) is -2.13. The third kappa shape index (κ3) is 4.80. The number of rotatable bonds is 6. The second-order valence-electron chi connectivity index (χ2n) is 6.34. The van der Waals surface area contributed by atoms with Crippen LogP contribution in [-0.2, 0) is 17.4 Å². The van der Waals surface area contributed by atoms with E-state index in [1.807, 2.05) is 53.4 Å². The molecule has 4 nitrogen and oxygen atoms in total. The number of alkyl halides is 3. The van der Waals surface area contributed by atoms with Crippen LogP contribution in [0.2, 0.25) is 0 Å². The van der Waals surface area contributed by atoms with Crippen LogP contribution in [0.4, 0.5) is 13.2 Å². The van der Waals surface area contributed by atoms with E-state index in [2.05, 4.69) is 5.32 Å². The van der Waals surface area contributed by atoms with E-state index in [0.29, 0.717) is 0 Å².